The Hall–Kier alpha value is -5.09. The van der Waals surface area contributed by atoms with Gasteiger partial charge >= 0.3 is 5.97 Å². The molecule has 4 heteroatoms. The molecule has 0 N–H and O–H groups in total. The molecule has 0 aromatic heterocycles. The van der Waals surface area contributed by atoms with Crippen LogP contribution < -0.4 is 14.4 Å². The first kappa shape index (κ1) is 25.6. The molecule has 0 saturated carbocycles. The summed E-state index contributed by atoms with van der Waals surface area (Å²) in [6.45, 7) is 1.40. The number of nitrogens with zero attached hydrogens (tertiary/aromatic N) is 1. The Morgan fingerprint density at radius 3 is 1.51 bits per heavy atom. The van der Waals surface area contributed by atoms with E-state index in [-0.39, 0.29) is 5.97 Å². The summed E-state index contributed by atoms with van der Waals surface area (Å²) in [6.07, 6.45) is 2.17. The zero-order chi connectivity index (χ0) is 27.0. The minimum atomic E-state index is -0.339. The predicted octanol–water partition coefficient (Wildman–Crippen LogP) is 8.68. The second-order valence-electron chi connectivity index (χ2n) is 9.00. The molecule has 192 valence electrons. The standard InChI is InChI=1S/C35H29NO3/c1-26(37)39-34-23-17-29(18-24-34)35(28-15-21-33(38-2)22-16-28)25-27-13-19-32(20-14-27)36(30-9-5-3-6-10-30)31-11-7-4-8-12-31/h3-25H,1-2H3. The molecule has 0 aliphatic rings. The van der Waals surface area contributed by atoms with Crippen LogP contribution in [0.5, 0.6) is 11.5 Å². The van der Waals surface area contributed by atoms with Crippen molar-refractivity contribution in [1.29, 1.82) is 0 Å². The smallest absolute Gasteiger partial charge is 0.308 e. The number of methoxy groups -OCH3 is 1. The van der Waals surface area contributed by atoms with E-state index in [0.29, 0.717) is 5.75 Å². The van der Waals surface area contributed by atoms with Crippen molar-refractivity contribution in [2.75, 3.05) is 12.0 Å². The van der Waals surface area contributed by atoms with Gasteiger partial charge in [0.25, 0.3) is 0 Å². The molecule has 0 heterocycles. The van der Waals surface area contributed by atoms with Gasteiger partial charge in [-0.1, -0.05) is 72.8 Å². The van der Waals surface area contributed by atoms with Gasteiger partial charge in [-0.25, -0.2) is 0 Å². The van der Waals surface area contributed by atoms with Gasteiger partial charge in [0.15, 0.2) is 0 Å². The summed E-state index contributed by atoms with van der Waals surface area (Å²) in [5, 5.41) is 0. The molecular formula is C35H29NO3. The van der Waals surface area contributed by atoms with Crippen LogP contribution in [0.1, 0.15) is 23.6 Å². The Labute approximate surface area is 229 Å². The van der Waals surface area contributed by atoms with E-state index >= 15 is 0 Å². The Bertz CT molecular complexity index is 1500. The molecule has 5 aromatic carbocycles. The Balaban J connectivity index is 1.53. The molecule has 0 radical (unpaired) electrons. The van der Waals surface area contributed by atoms with Crippen molar-refractivity contribution in [2.24, 2.45) is 0 Å². The lowest BCUT2D eigenvalue weighted by molar-refractivity contribution is -0.131. The number of benzene rings is 5. The van der Waals surface area contributed by atoms with Crippen LogP contribution in [0.3, 0.4) is 0 Å². The summed E-state index contributed by atoms with van der Waals surface area (Å²) < 4.78 is 10.6. The number of carbonyl (C=O) groups excluding carboxylic acids is 1. The SMILES string of the molecule is COc1ccc(C(=Cc2ccc(N(c3ccccc3)c3ccccc3)cc2)c2ccc(OC(C)=O)cc2)cc1. The van der Waals surface area contributed by atoms with Gasteiger partial charge < -0.3 is 14.4 Å². The molecule has 0 spiro atoms. The lowest BCUT2D eigenvalue weighted by Crippen LogP contribution is -2.09. The van der Waals surface area contributed by atoms with Crippen molar-refractivity contribution in [3.63, 3.8) is 0 Å². The maximum absolute atomic E-state index is 11.4. The molecule has 0 atom stereocenters. The second kappa shape index (κ2) is 12.0. The van der Waals surface area contributed by atoms with Crippen molar-refractivity contribution in [3.05, 3.63) is 150 Å². The fourth-order valence-electron chi connectivity index (χ4n) is 4.46. The second-order valence-corrected chi connectivity index (χ2v) is 9.00. The number of para-hydroxylation sites is 2. The van der Waals surface area contributed by atoms with Gasteiger partial charge in [-0.05, 0) is 89.0 Å². The van der Waals surface area contributed by atoms with E-state index in [0.717, 1.165) is 45.1 Å². The van der Waals surface area contributed by atoms with Crippen LogP contribution in [0.25, 0.3) is 11.6 Å². The fourth-order valence-corrected chi connectivity index (χ4v) is 4.46. The van der Waals surface area contributed by atoms with Crippen molar-refractivity contribution in [1.82, 2.24) is 0 Å². The van der Waals surface area contributed by atoms with Crippen LogP contribution in [0, 0.1) is 0 Å². The Kier molecular flexibility index (Phi) is 7.84. The zero-order valence-electron chi connectivity index (χ0n) is 22.0. The van der Waals surface area contributed by atoms with E-state index in [9.17, 15) is 4.79 Å². The zero-order valence-corrected chi connectivity index (χ0v) is 22.0. The van der Waals surface area contributed by atoms with E-state index in [4.69, 9.17) is 9.47 Å². The number of hydrogen-bond donors (Lipinski definition) is 0. The van der Waals surface area contributed by atoms with Gasteiger partial charge in [0.05, 0.1) is 7.11 Å². The Morgan fingerprint density at radius 1 is 0.590 bits per heavy atom. The first-order valence-corrected chi connectivity index (χ1v) is 12.8. The maximum atomic E-state index is 11.4. The molecule has 0 fully saturated rings. The molecule has 0 amide bonds. The molecule has 5 rings (SSSR count). The number of rotatable bonds is 8. The molecule has 0 aliphatic carbocycles. The van der Waals surface area contributed by atoms with Crippen LogP contribution in [0.2, 0.25) is 0 Å². The third-order valence-electron chi connectivity index (χ3n) is 6.32. The maximum Gasteiger partial charge on any atom is 0.308 e. The molecular weight excluding hydrogens is 482 g/mol. The summed E-state index contributed by atoms with van der Waals surface area (Å²) in [6, 6.07) is 44.8. The average molecular weight is 512 g/mol. The number of ether oxygens (including phenoxy) is 2. The largest absolute Gasteiger partial charge is 0.497 e. The quantitative estimate of drug-likeness (QED) is 0.119. The molecule has 39 heavy (non-hydrogen) atoms. The van der Waals surface area contributed by atoms with Gasteiger partial charge in [-0.15, -0.1) is 0 Å². The molecule has 0 aliphatic heterocycles. The van der Waals surface area contributed by atoms with Gasteiger partial charge in [-0.2, -0.15) is 0 Å². The third-order valence-corrected chi connectivity index (χ3v) is 6.32. The third kappa shape index (κ3) is 6.25. The highest BCUT2D eigenvalue weighted by Gasteiger charge is 2.12. The number of hydrogen-bond acceptors (Lipinski definition) is 4. The van der Waals surface area contributed by atoms with Crippen LogP contribution in [-0.2, 0) is 4.79 Å². The number of anilines is 3. The van der Waals surface area contributed by atoms with Gasteiger partial charge in [0.1, 0.15) is 11.5 Å². The van der Waals surface area contributed by atoms with Gasteiger partial charge in [-0.3, -0.25) is 4.79 Å². The number of carbonyl (C=O) groups is 1. The van der Waals surface area contributed by atoms with Crippen molar-refractivity contribution < 1.29 is 14.3 Å². The Morgan fingerprint density at radius 2 is 1.05 bits per heavy atom. The highest BCUT2D eigenvalue weighted by Crippen LogP contribution is 2.35. The summed E-state index contributed by atoms with van der Waals surface area (Å²) in [5.41, 5.74) is 7.43. The molecule has 5 aromatic rings. The molecule has 0 saturated heterocycles. The monoisotopic (exact) mass is 511 g/mol. The molecule has 4 nitrogen and oxygen atoms in total. The highest BCUT2D eigenvalue weighted by molar-refractivity contribution is 5.92. The van der Waals surface area contributed by atoms with Gasteiger partial charge in [0.2, 0.25) is 0 Å². The van der Waals surface area contributed by atoms with Crippen LogP contribution in [0.4, 0.5) is 17.1 Å². The van der Waals surface area contributed by atoms with Crippen molar-refractivity contribution >= 4 is 34.7 Å². The van der Waals surface area contributed by atoms with E-state index in [1.807, 2.05) is 60.7 Å². The number of esters is 1. The topological polar surface area (TPSA) is 38.8 Å². The van der Waals surface area contributed by atoms with E-state index in [1.54, 1.807) is 7.11 Å². The summed E-state index contributed by atoms with van der Waals surface area (Å²) >= 11 is 0. The van der Waals surface area contributed by atoms with Crippen molar-refractivity contribution in [3.8, 4) is 11.5 Å². The fraction of sp³-hybridized carbons (Fsp3) is 0.0571. The van der Waals surface area contributed by atoms with Gasteiger partial charge in [0, 0.05) is 24.0 Å². The van der Waals surface area contributed by atoms with E-state index < -0.39 is 0 Å². The van der Waals surface area contributed by atoms with E-state index in [2.05, 4.69) is 83.8 Å². The molecule has 0 unspecified atom stereocenters. The van der Waals surface area contributed by atoms with E-state index in [1.165, 1.54) is 6.92 Å². The first-order valence-electron chi connectivity index (χ1n) is 12.8. The summed E-state index contributed by atoms with van der Waals surface area (Å²) in [4.78, 5) is 13.6. The predicted molar refractivity (Wildman–Crippen MR) is 159 cm³/mol. The lowest BCUT2D eigenvalue weighted by Gasteiger charge is -2.25. The first-order chi connectivity index (χ1) is 19.1. The van der Waals surface area contributed by atoms with Crippen LogP contribution >= 0.6 is 0 Å². The molecule has 0 bridgehead atoms. The summed E-state index contributed by atoms with van der Waals surface area (Å²) in [7, 11) is 1.66. The average Bonchev–Trinajstić information content (AvgIpc) is 2.98. The summed E-state index contributed by atoms with van der Waals surface area (Å²) in [5.74, 6) is 0.981. The minimum Gasteiger partial charge on any atom is -0.497 e. The lowest BCUT2D eigenvalue weighted by atomic mass is 9.95. The normalized spacial score (nSPS) is 11.1. The van der Waals surface area contributed by atoms with Crippen molar-refractivity contribution in [2.45, 2.75) is 6.92 Å². The van der Waals surface area contributed by atoms with Crippen LogP contribution in [-0.4, -0.2) is 13.1 Å². The minimum absolute atomic E-state index is 0.339. The van der Waals surface area contributed by atoms with Crippen LogP contribution in [0.15, 0.2) is 133 Å². The highest BCUT2D eigenvalue weighted by atomic mass is 16.5.